The third kappa shape index (κ3) is 6.25. The Balaban J connectivity index is 0.000000237. The fourth-order valence-electron chi connectivity index (χ4n) is 3.47. The Morgan fingerprint density at radius 2 is 1.28 bits per heavy atom. The van der Waals surface area contributed by atoms with Crippen LogP contribution in [0.5, 0.6) is 0 Å². The maximum atomic E-state index is 13.7. The highest BCUT2D eigenvalue weighted by atomic mass is 19.1. The molecule has 0 fully saturated rings. The quantitative estimate of drug-likeness (QED) is 0.359. The predicted molar refractivity (Wildman–Crippen MR) is 143 cm³/mol. The highest BCUT2D eigenvalue weighted by Crippen LogP contribution is 2.20. The Labute approximate surface area is 211 Å². The maximum Gasteiger partial charge on any atom is 0.248 e. The summed E-state index contributed by atoms with van der Waals surface area (Å²) in [6.07, 6.45) is 3.31. The van der Waals surface area contributed by atoms with E-state index in [2.05, 4.69) is 0 Å². The summed E-state index contributed by atoms with van der Waals surface area (Å²) >= 11 is 0. The molecule has 0 amide bonds. The molecule has 6 nitrogen and oxygen atoms in total. The number of fused-ring (bicyclic) bond motifs is 2. The number of carbonyl (C=O) groups excluding carboxylic acids is 2. The number of hydrogen-bond donors (Lipinski definition) is 0. The van der Waals surface area contributed by atoms with E-state index in [0.29, 0.717) is 11.0 Å². The van der Waals surface area contributed by atoms with Crippen LogP contribution >= 0.6 is 0 Å². The SMILES string of the molecule is CC.CC(C(=O)n1ccc2ccc(F)cc21)N(C)C.CC(C(=O)n1ccc2cccc(F)c21)N(C)C. The number of aromatic nitrogens is 2. The fraction of sp³-hybridized carbons (Fsp3) is 0.357. The molecule has 2 aromatic heterocycles. The molecule has 0 aliphatic carbocycles. The Kier molecular flexibility index (Phi) is 10.1. The van der Waals surface area contributed by atoms with Gasteiger partial charge in [-0.2, -0.15) is 0 Å². The first-order chi connectivity index (χ1) is 17.0. The highest BCUT2D eigenvalue weighted by molar-refractivity contribution is 5.95. The minimum atomic E-state index is -0.369. The zero-order valence-electron chi connectivity index (χ0n) is 22.3. The van der Waals surface area contributed by atoms with Gasteiger partial charge in [-0.05, 0) is 78.4 Å². The number of carbonyl (C=O) groups is 2. The van der Waals surface area contributed by atoms with Gasteiger partial charge in [-0.3, -0.25) is 28.5 Å². The van der Waals surface area contributed by atoms with Crippen molar-refractivity contribution in [1.29, 1.82) is 0 Å². The van der Waals surface area contributed by atoms with Gasteiger partial charge in [0, 0.05) is 23.2 Å². The fourth-order valence-corrected chi connectivity index (χ4v) is 3.47. The molecule has 0 radical (unpaired) electrons. The van der Waals surface area contributed by atoms with Crippen molar-refractivity contribution in [2.75, 3.05) is 28.2 Å². The molecule has 8 heteroatoms. The minimum absolute atomic E-state index is 0.0596. The Hall–Kier alpha value is -3.36. The molecule has 0 bridgehead atoms. The van der Waals surface area contributed by atoms with Crippen LogP contribution in [-0.4, -0.2) is 71.0 Å². The average molecular weight is 499 g/mol. The number of para-hydroxylation sites is 1. The van der Waals surface area contributed by atoms with Crippen LogP contribution in [0.15, 0.2) is 60.9 Å². The van der Waals surface area contributed by atoms with E-state index in [1.807, 2.05) is 59.9 Å². The topological polar surface area (TPSA) is 50.5 Å². The summed E-state index contributed by atoms with van der Waals surface area (Å²) in [6.45, 7) is 7.63. The Morgan fingerprint density at radius 3 is 1.86 bits per heavy atom. The number of likely N-dealkylation sites (N-methyl/N-ethyl adjacent to an activating group) is 2. The average Bonchev–Trinajstić information content (AvgIpc) is 3.48. The summed E-state index contributed by atoms with van der Waals surface area (Å²) in [5.41, 5.74) is 0.968. The van der Waals surface area contributed by atoms with Gasteiger partial charge in [0.2, 0.25) is 11.8 Å². The Morgan fingerprint density at radius 1 is 0.750 bits per heavy atom. The van der Waals surface area contributed by atoms with Gasteiger partial charge in [0.15, 0.2) is 0 Å². The van der Waals surface area contributed by atoms with Crippen LogP contribution in [0.3, 0.4) is 0 Å². The number of rotatable bonds is 4. The van der Waals surface area contributed by atoms with Crippen molar-refractivity contribution in [3.05, 3.63) is 72.6 Å². The van der Waals surface area contributed by atoms with Gasteiger partial charge in [-0.25, -0.2) is 8.78 Å². The molecule has 36 heavy (non-hydrogen) atoms. The lowest BCUT2D eigenvalue weighted by atomic mass is 10.2. The van der Waals surface area contributed by atoms with Crippen molar-refractivity contribution < 1.29 is 18.4 Å². The molecule has 0 aliphatic heterocycles. The van der Waals surface area contributed by atoms with Crippen molar-refractivity contribution in [3.63, 3.8) is 0 Å². The molecule has 4 rings (SSSR count). The van der Waals surface area contributed by atoms with Crippen molar-refractivity contribution >= 4 is 33.6 Å². The third-order valence-corrected chi connectivity index (χ3v) is 6.06. The summed E-state index contributed by atoms with van der Waals surface area (Å²) < 4.78 is 29.8. The van der Waals surface area contributed by atoms with E-state index in [1.54, 1.807) is 48.5 Å². The monoisotopic (exact) mass is 498 g/mol. The normalized spacial score (nSPS) is 12.7. The molecule has 0 spiro atoms. The van der Waals surface area contributed by atoms with Crippen LogP contribution in [0, 0.1) is 11.6 Å². The molecule has 0 saturated carbocycles. The summed E-state index contributed by atoms with van der Waals surface area (Å²) in [6, 6.07) is 12.3. The first kappa shape index (κ1) is 28.9. The van der Waals surface area contributed by atoms with E-state index in [1.165, 1.54) is 27.3 Å². The lowest BCUT2D eigenvalue weighted by Gasteiger charge is -2.19. The number of benzene rings is 2. The van der Waals surface area contributed by atoms with Gasteiger partial charge in [0.25, 0.3) is 0 Å². The van der Waals surface area contributed by atoms with Crippen LogP contribution in [0.2, 0.25) is 0 Å². The largest absolute Gasteiger partial charge is 0.298 e. The van der Waals surface area contributed by atoms with Gasteiger partial charge in [0.05, 0.1) is 23.1 Å². The molecule has 2 unspecified atom stereocenters. The highest BCUT2D eigenvalue weighted by Gasteiger charge is 2.20. The second-order valence-corrected chi connectivity index (χ2v) is 8.71. The van der Waals surface area contributed by atoms with Crippen molar-refractivity contribution in [1.82, 2.24) is 18.9 Å². The third-order valence-electron chi connectivity index (χ3n) is 6.06. The van der Waals surface area contributed by atoms with Crippen LogP contribution in [0.25, 0.3) is 21.8 Å². The van der Waals surface area contributed by atoms with Crippen molar-refractivity contribution in [3.8, 4) is 0 Å². The van der Waals surface area contributed by atoms with Crippen LogP contribution < -0.4 is 0 Å². The first-order valence-corrected chi connectivity index (χ1v) is 12.0. The standard InChI is InChI=1S/2C13H15FN2O.C2H6/c1-9(15(2)3)13(17)16-7-6-10-4-5-11(14)8-12(10)16;1-9(15(2)3)13(17)16-8-7-10-5-4-6-11(14)12(10)16;1-2/h2*4-9H,1-3H3;1-2H3. The molecule has 2 atom stereocenters. The van der Waals surface area contributed by atoms with Gasteiger partial charge in [-0.1, -0.05) is 26.0 Å². The van der Waals surface area contributed by atoms with Gasteiger partial charge in [-0.15, -0.1) is 0 Å². The van der Waals surface area contributed by atoms with E-state index in [-0.39, 0.29) is 35.5 Å². The van der Waals surface area contributed by atoms with Crippen LogP contribution in [-0.2, 0) is 0 Å². The number of nitrogens with zero attached hydrogens (tertiary/aromatic N) is 4. The zero-order valence-corrected chi connectivity index (χ0v) is 22.3. The van der Waals surface area contributed by atoms with Crippen LogP contribution in [0.1, 0.15) is 37.3 Å². The van der Waals surface area contributed by atoms with Gasteiger partial charge in [0.1, 0.15) is 11.6 Å². The second-order valence-electron chi connectivity index (χ2n) is 8.71. The molecule has 2 heterocycles. The maximum absolute atomic E-state index is 13.7. The van der Waals surface area contributed by atoms with E-state index >= 15 is 0 Å². The second kappa shape index (κ2) is 12.6. The van der Waals surface area contributed by atoms with Crippen LogP contribution in [0.4, 0.5) is 8.78 Å². The lowest BCUT2D eigenvalue weighted by molar-refractivity contribution is 0.0801. The molecule has 0 aliphatic rings. The molecule has 4 aromatic rings. The molecular formula is C28H36F2N4O2. The molecule has 0 N–H and O–H groups in total. The predicted octanol–water partition coefficient (Wildman–Crippen LogP) is 5.77. The summed E-state index contributed by atoms with van der Waals surface area (Å²) in [4.78, 5) is 28.0. The van der Waals surface area contributed by atoms with Crippen molar-refractivity contribution in [2.45, 2.75) is 39.8 Å². The van der Waals surface area contributed by atoms with E-state index in [4.69, 9.17) is 0 Å². The Bertz CT molecular complexity index is 1320. The molecule has 194 valence electrons. The first-order valence-electron chi connectivity index (χ1n) is 12.0. The van der Waals surface area contributed by atoms with E-state index in [9.17, 15) is 18.4 Å². The summed E-state index contributed by atoms with van der Waals surface area (Å²) in [7, 11) is 7.33. The lowest BCUT2D eigenvalue weighted by Crippen LogP contribution is -2.36. The summed E-state index contributed by atoms with van der Waals surface area (Å²) in [5, 5.41) is 1.61. The van der Waals surface area contributed by atoms with Gasteiger partial charge >= 0.3 is 0 Å². The smallest absolute Gasteiger partial charge is 0.248 e. The van der Waals surface area contributed by atoms with Gasteiger partial charge < -0.3 is 0 Å². The zero-order chi connectivity index (χ0) is 27.2. The summed E-state index contributed by atoms with van der Waals surface area (Å²) in [5.74, 6) is -0.889. The van der Waals surface area contributed by atoms with Crippen molar-refractivity contribution in [2.24, 2.45) is 0 Å². The molecule has 0 saturated heterocycles. The molecular weight excluding hydrogens is 462 g/mol. The molecule has 2 aromatic carbocycles. The van der Waals surface area contributed by atoms with E-state index in [0.717, 1.165) is 10.8 Å². The number of hydrogen-bond acceptors (Lipinski definition) is 4. The van der Waals surface area contributed by atoms with E-state index < -0.39 is 0 Å². The number of halogens is 2. The minimum Gasteiger partial charge on any atom is -0.298 e.